The van der Waals surface area contributed by atoms with Crippen molar-refractivity contribution in [2.75, 3.05) is 0 Å². The molecule has 4 nitrogen and oxygen atoms in total. The number of H-pyrrole nitrogens is 1. The first-order valence-corrected chi connectivity index (χ1v) is 10.7. The largest absolute Gasteiger partial charge is 0.342 e. The summed E-state index contributed by atoms with van der Waals surface area (Å²) in [5.74, 6) is 1.20. The lowest BCUT2D eigenvalue weighted by Crippen LogP contribution is -2.04. The van der Waals surface area contributed by atoms with Crippen LogP contribution >= 0.6 is 22.9 Å². The van der Waals surface area contributed by atoms with Gasteiger partial charge in [0.1, 0.15) is 11.5 Å². The summed E-state index contributed by atoms with van der Waals surface area (Å²) in [7, 11) is 0. The molecule has 0 aliphatic heterocycles. The van der Waals surface area contributed by atoms with Crippen molar-refractivity contribution in [1.82, 2.24) is 15.0 Å². The maximum Gasteiger partial charge on any atom is 0.134 e. The number of aromatic nitrogens is 3. The van der Waals surface area contributed by atoms with Crippen molar-refractivity contribution in [3.05, 3.63) is 53.2 Å². The van der Waals surface area contributed by atoms with Crippen LogP contribution in [0.4, 0.5) is 0 Å². The normalized spacial score (nSPS) is 12.0. The van der Waals surface area contributed by atoms with Crippen molar-refractivity contribution >= 4 is 34.2 Å². The van der Waals surface area contributed by atoms with Crippen molar-refractivity contribution in [2.45, 2.75) is 40.5 Å². The van der Waals surface area contributed by atoms with E-state index < -0.39 is 0 Å². The fraction of sp³-hybridized carbons (Fsp3) is 0.318. The second kappa shape index (κ2) is 8.84. The zero-order valence-corrected chi connectivity index (χ0v) is 18.2. The number of halogens is 1. The first kappa shape index (κ1) is 20.5. The van der Waals surface area contributed by atoms with E-state index in [2.05, 4.69) is 23.8 Å². The van der Waals surface area contributed by atoms with Gasteiger partial charge < -0.3 is 10.4 Å². The number of thiophene rings is 1. The van der Waals surface area contributed by atoms with Gasteiger partial charge in [0.05, 0.1) is 9.90 Å². The lowest BCUT2D eigenvalue weighted by molar-refractivity contribution is 0.620. The molecular formula is C22H25ClN4S. The van der Waals surface area contributed by atoms with Gasteiger partial charge >= 0.3 is 0 Å². The van der Waals surface area contributed by atoms with Gasteiger partial charge in [0.25, 0.3) is 0 Å². The Labute approximate surface area is 175 Å². The smallest absolute Gasteiger partial charge is 0.134 e. The molecule has 6 heteroatoms. The molecule has 3 rings (SSSR count). The Morgan fingerprint density at radius 1 is 1.36 bits per heavy atom. The lowest BCUT2D eigenvalue weighted by atomic mass is 9.92. The number of nitrogens with one attached hydrogen (secondary N) is 2. The zero-order chi connectivity index (χ0) is 20.3. The Balaban J connectivity index is 2.05. The van der Waals surface area contributed by atoms with Gasteiger partial charge in [0.2, 0.25) is 0 Å². The molecule has 0 amide bonds. The van der Waals surface area contributed by atoms with Crippen LogP contribution in [0.15, 0.2) is 36.7 Å². The number of imidazole rings is 1. The highest BCUT2D eigenvalue weighted by atomic mass is 35.5. The van der Waals surface area contributed by atoms with Gasteiger partial charge in [-0.25, -0.2) is 4.98 Å². The Morgan fingerprint density at radius 3 is 2.71 bits per heavy atom. The molecule has 3 aromatic rings. The molecule has 0 bridgehead atoms. The third-order valence-corrected chi connectivity index (χ3v) is 6.40. The third-order valence-electron chi connectivity index (χ3n) is 4.80. The number of hydrogen-bond acceptors (Lipinski definition) is 4. The summed E-state index contributed by atoms with van der Waals surface area (Å²) in [5.41, 5.74) is 4.53. The van der Waals surface area contributed by atoms with Crippen LogP contribution in [-0.2, 0) is 0 Å². The lowest BCUT2D eigenvalue weighted by Gasteiger charge is -2.15. The summed E-state index contributed by atoms with van der Waals surface area (Å²) in [4.78, 5) is 14.6. The molecule has 0 atom stereocenters. The van der Waals surface area contributed by atoms with E-state index >= 15 is 0 Å². The average molecular weight is 413 g/mol. The van der Waals surface area contributed by atoms with Gasteiger partial charge in [-0.05, 0) is 56.4 Å². The van der Waals surface area contributed by atoms with E-state index in [0.29, 0.717) is 16.7 Å². The highest BCUT2D eigenvalue weighted by Gasteiger charge is 2.21. The predicted molar refractivity (Wildman–Crippen MR) is 120 cm³/mol. The molecular weight excluding hydrogens is 388 g/mol. The molecule has 0 spiro atoms. The maximum atomic E-state index is 7.93. The van der Waals surface area contributed by atoms with Crippen molar-refractivity contribution in [3.63, 3.8) is 0 Å². The number of nitrogens with zero attached hydrogens (tertiary/aromatic N) is 2. The SMILES string of the molecule is CCC(CC)/C(=C/C(C)=N)c1nc(-c2sc(-c3cccnc3)cc2Cl)c(C)[nH]1. The molecule has 0 radical (unpaired) electrons. The fourth-order valence-electron chi connectivity index (χ4n) is 3.34. The van der Waals surface area contributed by atoms with Crippen molar-refractivity contribution in [3.8, 4) is 21.0 Å². The molecule has 0 aliphatic rings. The average Bonchev–Trinajstić information content (AvgIpc) is 3.25. The van der Waals surface area contributed by atoms with Gasteiger partial charge in [0.15, 0.2) is 0 Å². The van der Waals surface area contributed by atoms with Crippen molar-refractivity contribution < 1.29 is 0 Å². The highest BCUT2D eigenvalue weighted by Crippen LogP contribution is 2.42. The molecule has 0 unspecified atom stereocenters. The standard InChI is InChI=1S/C22H25ClN4S/c1-5-15(6-2)17(10-13(3)24)22-26-14(4)20(27-22)21-18(23)11-19(28-21)16-8-7-9-25-12-16/h7-12,15,24H,5-6H2,1-4H3,(H,26,27)/b17-10-,24-13?. The summed E-state index contributed by atoms with van der Waals surface area (Å²) in [6.07, 6.45) is 7.55. The van der Waals surface area contributed by atoms with E-state index in [4.69, 9.17) is 22.0 Å². The number of rotatable bonds is 7. The topological polar surface area (TPSA) is 65.4 Å². The first-order chi connectivity index (χ1) is 13.4. The van der Waals surface area contributed by atoms with Crippen molar-refractivity contribution in [1.29, 1.82) is 5.41 Å². The monoisotopic (exact) mass is 412 g/mol. The van der Waals surface area contributed by atoms with Gasteiger partial charge in [-0.1, -0.05) is 31.5 Å². The second-order valence-corrected chi connectivity index (χ2v) is 8.34. The number of aryl methyl sites for hydroxylation is 1. The Kier molecular flexibility index (Phi) is 6.47. The zero-order valence-electron chi connectivity index (χ0n) is 16.6. The van der Waals surface area contributed by atoms with Crippen LogP contribution in [0, 0.1) is 18.3 Å². The molecule has 28 heavy (non-hydrogen) atoms. The molecule has 0 aliphatic carbocycles. The summed E-state index contributed by atoms with van der Waals surface area (Å²) < 4.78 is 0. The summed E-state index contributed by atoms with van der Waals surface area (Å²) >= 11 is 8.20. The molecule has 2 N–H and O–H groups in total. The molecule has 3 aromatic heterocycles. The van der Waals surface area contributed by atoms with E-state index in [9.17, 15) is 0 Å². The van der Waals surface area contributed by atoms with Crippen LogP contribution in [0.1, 0.15) is 45.1 Å². The minimum atomic E-state index is 0.364. The minimum Gasteiger partial charge on any atom is -0.342 e. The van der Waals surface area contributed by atoms with Crippen LogP contribution in [0.5, 0.6) is 0 Å². The van der Waals surface area contributed by atoms with E-state index in [1.165, 1.54) is 0 Å². The number of allylic oxidation sites excluding steroid dienone is 2. The number of aromatic amines is 1. The summed E-state index contributed by atoms with van der Waals surface area (Å²) in [6.45, 7) is 8.17. The second-order valence-electron chi connectivity index (χ2n) is 6.88. The fourth-order valence-corrected chi connectivity index (χ4v) is 4.81. The molecule has 0 saturated heterocycles. The quantitative estimate of drug-likeness (QED) is 0.409. The van der Waals surface area contributed by atoms with Crippen LogP contribution in [-0.4, -0.2) is 20.7 Å². The van der Waals surface area contributed by atoms with Gasteiger partial charge in [-0.3, -0.25) is 4.98 Å². The van der Waals surface area contributed by atoms with Crippen LogP contribution in [0.25, 0.3) is 26.6 Å². The maximum absolute atomic E-state index is 7.93. The molecule has 146 valence electrons. The highest BCUT2D eigenvalue weighted by molar-refractivity contribution is 7.19. The van der Waals surface area contributed by atoms with Crippen LogP contribution in [0.2, 0.25) is 5.02 Å². The molecule has 3 heterocycles. The van der Waals surface area contributed by atoms with E-state index in [0.717, 1.165) is 50.9 Å². The molecule has 0 aromatic carbocycles. The Hall–Kier alpha value is -2.24. The Bertz CT molecular complexity index is 997. The summed E-state index contributed by atoms with van der Waals surface area (Å²) in [6, 6.07) is 5.93. The van der Waals surface area contributed by atoms with Crippen LogP contribution < -0.4 is 0 Å². The minimum absolute atomic E-state index is 0.364. The van der Waals surface area contributed by atoms with E-state index in [-0.39, 0.29) is 0 Å². The third kappa shape index (κ3) is 4.26. The predicted octanol–water partition coefficient (Wildman–Crippen LogP) is 7.02. The van der Waals surface area contributed by atoms with E-state index in [1.807, 2.05) is 37.4 Å². The van der Waals surface area contributed by atoms with Crippen molar-refractivity contribution in [2.24, 2.45) is 5.92 Å². The first-order valence-electron chi connectivity index (χ1n) is 9.48. The summed E-state index contributed by atoms with van der Waals surface area (Å²) in [5, 5.41) is 8.63. The van der Waals surface area contributed by atoms with Gasteiger partial charge in [-0.2, -0.15) is 0 Å². The number of pyridine rings is 1. The van der Waals surface area contributed by atoms with Gasteiger partial charge in [-0.15, -0.1) is 11.3 Å². The Morgan fingerprint density at radius 2 is 2.11 bits per heavy atom. The molecule has 0 saturated carbocycles. The van der Waals surface area contributed by atoms with Crippen LogP contribution in [0.3, 0.4) is 0 Å². The van der Waals surface area contributed by atoms with Gasteiger partial charge in [0, 0.05) is 34.2 Å². The van der Waals surface area contributed by atoms with E-state index in [1.54, 1.807) is 24.5 Å². The number of hydrogen-bond donors (Lipinski definition) is 2. The molecule has 0 fully saturated rings.